The molecule has 26 heavy (non-hydrogen) atoms. The van der Waals surface area contributed by atoms with Crippen LogP contribution in [0.1, 0.15) is 54.9 Å². The first-order chi connectivity index (χ1) is 12.6. The van der Waals surface area contributed by atoms with Gasteiger partial charge < -0.3 is 0 Å². The lowest BCUT2D eigenvalue weighted by Crippen LogP contribution is -1.92. The SMILES string of the molecule is Cc1ccccc1-c1ccc(CCCCc2ccc(C(C)C)cc2)cc1. The van der Waals surface area contributed by atoms with E-state index in [0.29, 0.717) is 5.92 Å². The number of aryl methyl sites for hydroxylation is 3. The van der Waals surface area contributed by atoms with Crippen LogP contribution < -0.4 is 0 Å². The van der Waals surface area contributed by atoms with Crippen LogP contribution in [0.2, 0.25) is 0 Å². The number of hydrogen-bond acceptors (Lipinski definition) is 0. The molecule has 0 saturated carbocycles. The average molecular weight is 343 g/mol. The van der Waals surface area contributed by atoms with Gasteiger partial charge in [-0.05, 0) is 71.9 Å². The van der Waals surface area contributed by atoms with Crippen molar-refractivity contribution < 1.29 is 0 Å². The molecule has 0 spiro atoms. The fourth-order valence-electron chi connectivity index (χ4n) is 3.48. The summed E-state index contributed by atoms with van der Waals surface area (Å²) in [6.45, 7) is 6.68. The molecule has 0 amide bonds. The molecule has 0 fully saturated rings. The van der Waals surface area contributed by atoms with Gasteiger partial charge in [0.2, 0.25) is 0 Å². The van der Waals surface area contributed by atoms with Crippen LogP contribution in [-0.2, 0) is 12.8 Å². The Morgan fingerprint density at radius 2 is 1.19 bits per heavy atom. The molecule has 3 rings (SSSR count). The van der Waals surface area contributed by atoms with Crippen molar-refractivity contribution in [2.24, 2.45) is 0 Å². The predicted molar refractivity (Wildman–Crippen MR) is 114 cm³/mol. The maximum absolute atomic E-state index is 2.30. The van der Waals surface area contributed by atoms with Crippen molar-refractivity contribution in [2.45, 2.75) is 52.4 Å². The van der Waals surface area contributed by atoms with E-state index >= 15 is 0 Å². The summed E-state index contributed by atoms with van der Waals surface area (Å²) < 4.78 is 0. The molecule has 3 aromatic rings. The fraction of sp³-hybridized carbons (Fsp3) is 0.308. The van der Waals surface area contributed by atoms with Crippen LogP contribution in [0.15, 0.2) is 72.8 Å². The third-order valence-electron chi connectivity index (χ3n) is 5.24. The highest BCUT2D eigenvalue weighted by molar-refractivity contribution is 5.67. The molecule has 0 aromatic heterocycles. The van der Waals surface area contributed by atoms with Gasteiger partial charge in [0.25, 0.3) is 0 Å². The molecule has 0 aliphatic carbocycles. The summed E-state index contributed by atoms with van der Waals surface area (Å²) in [6.07, 6.45) is 4.84. The zero-order valence-electron chi connectivity index (χ0n) is 16.3. The lowest BCUT2D eigenvalue weighted by atomic mass is 9.97. The zero-order valence-corrected chi connectivity index (χ0v) is 16.3. The predicted octanol–water partition coefficient (Wildman–Crippen LogP) is 7.35. The number of unbranched alkanes of at least 4 members (excludes halogenated alkanes) is 1. The van der Waals surface area contributed by atoms with Gasteiger partial charge in [0.05, 0.1) is 0 Å². The Morgan fingerprint density at radius 1 is 0.654 bits per heavy atom. The third kappa shape index (κ3) is 4.85. The maximum Gasteiger partial charge on any atom is -0.0155 e. The molecule has 134 valence electrons. The van der Waals surface area contributed by atoms with E-state index in [1.807, 2.05) is 0 Å². The Morgan fingerprint density at radius 3 is 1.73 bits per heavy atom. The normalized spacial score (nSPS) is 11.1. The van der Waals surface area contributed by atoms with Gasteiger partial charge in [-0.1, -0.05) is 86.6 Å². The summed E-state index contributed by atoms with van der Waals surface area (Å²) in [5.74, 6) is 0.617. The summed E-state index contributed by atoms with van der Waals surface area (Å²) in [5.41, 5.74) is 8.33. The highest BCUT2D eigenvalue weighted by Gasteiger charge is 2.02. The van der Waals surface area contributed by atoms with Crippen molar-refractivity contribution in [2.75, 3.05) is 0 Å². The van der Waals surface area contributed by atoms with Crippen LogP contribution in [0.3, 0.4) is 0 Å². The standard InChI is InChI=1S/C26H30/c1-20(2)24-16-12-22(13-17-24)9-5-6-10-23-14-18-25(19-15-23)26-11-7-4-8-21(26)3/h4,7-8,11-20H,5-6,9-10H2,1-3H3. The lowest BCUT2D eigenvalue weighted by Gasteiger charge is -2.08. The molecule has 0 radical (unpaired) electrons. The Labute approximate surface area is 158 Å². The summed E-state index contributed by atoms with van der Waals surface area (Å²) in [7, 11) is 0. The van der Waals surface area contributed by atoms with Crippen molar-refractivity contribution in [3.63, 3.8) is 0 Å². The molecule has 0 N–H and O–H groups in total. The van der Waals surface area contributed by atoms with Crippen molar-refractivity contribution in [3.05, 3.63) is 95.1 Å². The van der Waals surface area contributed by atoms with Gasteiger partial charge in [-0.3, -0.25) is 0 Å². The Balaban J connectivity index is 1.49. The van der Waals surface area contributed by atoms with Gasteiger partial charge in [-0.2, -0.15) is 0 Å². The topological polar surface area (TPSA) is 0 Å². The smallest absolute Gasteiger partial charge is 0.0155 e. The lowest BCUT2D eigenvalue weighted by molar-refractivity contribution is 0.733. The van der Waals surface area contributed by atoms with Gasteiger partial charge in [-0.15, -0.1) is 0 Å². The number of hydrogen-bond donors (Lipinski definition) is 0. The first-order valence-corrected chi connectivity index (χ1v) is 9.87. The second-order valence-electron chi connectivity index (χ2n) is 7.62. The van der Waals surface area contributed by atoms with E-state index in [9.17, 15) is 0 Å². The zero-order chi connectivity index (χ0) is 18.4. The van der Waals surface area contributed by atoms with Gasteiger partial charge >= 0.3 is 0 Å². The van der Waals surface area contributed by atoms with E-state index in [-0.39, 0.29) is 0 Å². The monoisotopic (exact) mass is 342 g/mol. The highest BCUT2D eigenvalue weighted by atomic mass is 14.1. The van der Waals surface area contributed by atoms with Crippen molar-refractivity contribution in [1.82, 2.24) is 0 Å². The van der Waals surface area contributed by atoms with Crippen LogP contribution in [0.25, 0.3) is 11.1 Å². The van der Waals surface area contributed by atoms with Gasteiger partial charge in [0.1, 0.15) is 0 Å². The Kier molecular flexibility index (Phi) is 6.28. The van der Waals surface area contributed by atoms with Gasteiger partial charge in [0.15, 0.2) is 0 Å². The van der Waals surface area contributed by atoms with E-state index in [1.54, 1.807) is 0 Å². The minimum Gasteiger partial charge on any atom is -0.0620 e. The summed E-state index contributed by atoms with van der Waals surface area (Å²) >= 11 is 0. The first kappa shape index (κ1) is 18.5. The van der Waals surface area contributed by atoms with Crippen molar-refractivity contribution in [1.29, 1.82) is 0 Å². The molecule has 0 atom stereocenters. The third-order valence-corrected chi connectivity index (χ3v) is 5.24. The second kappa shape index (κ2) is 8.85. The largest absolute Gasteiger partial charge is 0.0620 e. The van der Waals surface area contributed by atoms with Crippen LogP contribution in [0, 0.1) is 6.92 Å². The highest BCUT2D eigenvalue weighted by Crippen LogP contribution is 2.24. The number of rotatable bonds is 7. The van der Waals surface area contributed by atoms with Crippen molar-refractivity contribution >= 4 is 0 Å². The minimum absolute atomic E-state index is 0.617. The Bertz CT molecular complexity index is 807. The average Bonchev–Trinajstić information content (AvgIpc) is 2.67. The molecule has 0 bridgehead atoms. The molecule has 0 saturated heterocycles. The van der Waals surface area contributed by atoms with E-state index in [2.05, 4.69) is 93.6 Å². The molecular formula is C26H30. The number of benzene rings is 3. The Hall–Kier alpha value is -2.34. The molecular weight excluding hydrogens is 312 g/mol. The quantitative estimate of drug-likeness (QED) is 0.394. The maximum atomic E-state index is 2.30. The summed E-state index contributed by atoms with van der Waals surface area (Å²) in [5, 5.41) is 0. The van der Waals surface area contributed by atoms with E-state index in [1.165, 1.54) is 52.6 Å². The van der Waals surface area contributed by atoms with Gasteiger partial charge in [-0.25, -0.2) is 0 Å². The van der Waals surface area contributed by atoms with Crippen molar-refractivity contribution in [3.8, 4) is 11.1 Å². The fourth-order valence-corrected chi connectivity index (χ4v) is 3.48. The van der Waals surface area contributed by atoms with E-state index < -0.39 is 0 Å². The summed E-state index contributed by atoms with van der Waals surface area (Å²) in [4.78, 5) is 0. The van der Waals surface area contributed by atoms with Crippen LogP contribution in [0.5, 0.6) is 0 Å². The molecule has 0 unspecified atom stereocenters. The molecule has 0 aliphatic rings. The molecule has 0 nitrogen and oxygen atoms in total. The second-order valence-corrected chi connectivity index (χ2v) is 7.62. The minimum atomic E-state index is 0.617. The molecule has 3 aromatic carbocycles. The molecule has 0 aliphatic heterocycles. The van der Waals surface area contributed by atoms with E-state index in [0.717, 1.165) is 6.42 Å². The first-order valence-electron chi connectivity index (χ1n) is 9.87. The van der Waals surface area contributed by atoms with Crippen LogP contribution in [-0.4, -0.2) is 0 Å². The molecule has 0 heteroatoms. The van der Waals surface area contributed by atoms with Crippen LogP contribution >= 0.6 is 0 Å². The molecule has 0 heterocycles. The van der Waals surface area contributed by atoms with E-state index in [4.69, 9.17) is 0 Å². The summed E-state index contributed by atoms with van der Waals surface area (Å²) in [6, 6.07) is 26.9. The van der Waals surface area contributed by atoms with Crippen LogP contribution in [0.4, 0.5) is 0 Å². The van der Waals surface area contributed by atoms with Gasteiger partial charge in [0, 0.05) is 0 Å².